The molecule has 1 atom stereocenters. The topological polar surface area (TPSA) is 50.4 Å². The highest BCUT2D eigenvalue weighted by atomic mass is 35.5. The van der Waals surface area contributed by atoms with E-state index < -0.39 is 5.41 Å². The van der Waals surface area contributed by atoms with Gasteiger partial charge in [-0.2, -0.15) is 0 Å². The maximum atomic E-state index is 13.0. The fraction of sp³-hybridized carbons (Fsp3) is 0.381. The van der Waals surface area contributed by atoms with E-state index in [-0.39, 0.29) is 24.4 Å². The lowest BCUT2D eigenvalue weighted by Crippen LogP contribution is -2.42. The minimum Gasteiger partial charge on any atom is -0.496 e. The lowest BCUT2D eigenvalue weighted by atomic mass is 9.92. The van der Waals surface area contributed by atoms with Crippen LogP contribution in [-0.2, 0) is 16.6 Å². The van der Waals surface area contributed by atoms with Crippen molar-refractivity contribution in [1.29, 1.82) is 0 Å². The minimum absolute atomic E-state index is 0. The van der Waals surface area contributed by atoms with Crippen LogP contribution in [-0.4, -0.2) is 26.1 Å². The molecular weight excluding hydrogens is 348 g/mol. The summed E-state index contributed by atoms with van der Waals surface area (Å²) >= 11 is 0. The number of benzene rings is 2. The molecule has 2 aromatic rings. The number of para-hydroxylation sites is 1. The van der Waals surface area contributed by atoms with E-state index in [9.17, 15) is 4.79 Å². The molecule has 0 radical (unpaired) electrons. The Balaban J connectivity index is 0.00000196. The Morgan fingerprint density at radius 1 is 1.19 bits per heavy atom. The number of fused-ring (bicyclic) bond motifs is 1. The first kappa shape index (κ1) is 18.7. The average Bonchev–Trinajstić information content (AvgIpc) is 3.48. The quantitative estimate of drug-likeness (QED) is 0.847. The van der Waals surface area contributed by atoms with Crippen LogP contribution in [0, 0.1) is 0 Å². The maximum Gasteiger partial charge on any atom is 0.230 e. The van der Waals surface area contributed by atoms with Crippen LogP contribution in [0.25, 0.3) is 0 Å². The van der Waals surface area contributed by atoms with E-state index in [1.165, 1.54) is 11.1 Å². The molecule has 2 aromatic carbocycles. The molecule has 5 heteroatoms. The highest BCUT2D eigenvalue weighted by molar-refractivity contribution is 5.92. The molecule has 1 amide bonds. The summed E-state index contributed by atoms with van der Waals surface area (Å²) in [5, 5.41) is 6.71. The predicted molar refractivity (Wildman–Crippen MR) is 105 cm³/mol. The summed E-state index contributed by atoms with van der Waals surface area (Å²) in [6, 6.07) is 16.5. The van der Waals surface area contributed by atoms with Gasteiger partial charge in [0.2, 0.25) is 5.91 Å². The Labute approximate surface area is 160 Å². The molecule has 1 fully saturated rings. The van der Waals surface area contributed by atoms with Crippen molar-refractivity contribution in [2.75, 3.05) is 20.2 Å². The molecule has 0 saturated heterocycles. The van der Waals surface area contributed by atoms with Crippen LogP contribution in [0.3, 0.4) is 0 Å². The zero-order valence-electron chi connectivity index (χ0n) is 15.0. The molecule has 138 valence electrons. The standard InChI is InChI=1S/C21H24N2O2.ClH/c1-25-19-9-5-4-8-17(19)21(11-12-21)20(24)23-14-18-16-7-3-2-6-15(16)10-13-22-18;/h2-9,18,22H,10-14H2,1H3,(H,23,24);1H. The summed E-state index contributed by atoms with van der Waals surface area (Å²) < 4.78 is 5.47. The van der Waals surface area contributed by atoms with Crippen LogP contribution in [0.2, 0.25) is 0 Å². The lowest BCUT2D eigenvalue weighted by molar-refractivity contribution is -0.123. The number of nitrogens with one attached hydrogen (secondary N) is 2. The molecular formula is C21H25ClN2O2. The molecule has 0 spiro atoms. The van der Waals surface area contributed by atoms with Gasteiger partial charge in [-0.3, -0.25) is 4.79 Å². The number of halogens is 1. The highest BCUT2D eigenvalue weighted by Crippen LogP contribution is 2.51. The van der Waals surface area contributed by atoms with Crippen molar-refractivity contribution in [3.8, 4) is 5.75 Å². The summed E-state index contributed by atoms with van der Waals surface area (Å²) in [4.78, 5) is 13.0. The number of hydrogen-bond donors (Lipinski definition) is 2. The molecule has 2 aliphatic rings. The zero-order chi connectivity index (χ0) is 17.3. The molecule has 0 bridgehead atoms. The summed E-state index contributed by atoms with van der Waals surface area (Å²) in [6.45, 7) is 1.57. The molecule has 4 nitrogen and oxygen atoms in total. The maximum absolute atomic E-state index is 13.0. The second-order valence-corrected chi connectivity index (χ2v) is 6.95. The molecule has 1 heterocycles. The van der Waals surface area contributed by atoms with Crippen molar-refractivity contribution in [3.05, 3.63) is 65.2 Å². The third-order valence-electron chi connectivity index (χ3n) is 5.49. The Bertz CT molecular complexity index is 789. The number of rotatable bonds is 5. The first-order valence-corrected chi connectivity index (χ1v) is 8.97. The third kappa shape index (κ3) is 3.31. The molecule has 4 rings (SSSR count). The van der Waals surface area contributed by atoms with Gasteiger partial charge in [0.1, 0.15) is 5.75 Å². The van der Waals surface area contributed by atoms with Crippen molar-refractivity contribution >= 4 is 18.3 Å². The number of ether oxygens (including phenoxy) is 1. The van der Waals surface area contributed by atoms with Gasteiger partial charge in [-0.05, 0) is 43.0 Å². The van der Waals surface area contributed by atoms with Crippen LogP contribution in [0.4, 0.5) is 0 Å². The SMILES string of the molecule is COc1ccccc1C1(C(=O)NCC2NCCc3ccccc32)CC1.Cl. The minimum atomic E-state index is -0.416. The van der Waals surface area contributed by atoms with Gasteiger partial charge in [0.15, 0.2) is 0 Å². The Kier molecular flexibility index (Phi) is 5.54. The summed E-state index contributed by atoms with van der Waals surface area (Å²) in [6.07, 6.45) is 2.81. The van der Waals surface area contributed by atoms with E-state index >= 15 is 0 Å². The predicted octanol–water partition coefficient (Wildman–Crippen LogP) is 3.15. The molecule has 0 aromatic heterocycles. The van der Waals surface area contributed by atoms with Gasteiger partial charge in [0.05, 0.1) is 12.5 Å². The van der Waals surface area contributed by atoms with E-state index in [1.54, 1.807) is 7.11 Å². The number of methoxy groups -OCH3 is 1. The summed E-state index contributed by atoms with van der Waals surface area (Å²) in [5.41, 5.74) is 3.27. The van der Waals surface area contributed by atoms with Crippen molar-refractivity contribution in [2.45, 2.75) is 30.7 Å². The monoisotopic (exact) mass is 372 g/mol. The molecule has 26 heavy (non-hydrogen) atoms. The van der Waals surface area contributed by atoms with Crippen molar-refractivity contribution in [2.24, 2.45) is 0 Å². The summed E-state index contributed by atoms with van der Waals surface area (Å²) in [7, 11) is 1.66. The Hall–Kier alpha value is -2.04. The Morgan fingerprint density at radius 3 is 2.69 bits per heavy atom. The van der Waals surface area contributed by atoms with Crippen molar-refractivity contribution in [3.63, 3.8) is 0 Å². The first-order chi connectivity index (χ1) is 12.2. The molecule has 1 unspecified atom stereocenters. The van der Waals surface area contributed by atoms with Crippen LogP contribution in [0.5, 0.6) is 5.75 Å². The molecule has 2 N–H and O–H groups in total. The van der Waals surface area contributed by atoms with Gasteiger partial charge in [-0.15, -0.1) is 12.4 Å². The number of carbonyl (C=O) groups is 1. The normalized spacial score (nSPS) is 19.7. The fourth-order valence-corrected chi connectivity index (χ4v) is 3.92. The highest BCUT2D eigenvalue weighted by Gasteiger charge is 2.52. The number of carbonyl (C=O) groups excluding carboxylic acids is 1. The fourth-order valence-electron chi connectivity index (χ4n) is 3.92. The van der Waals surface area contributed by atoms with Crippen molar-refractivity contribution in [1.82, 2.24) is 10.6 Å². The largest absolute Gasteiger partial charge is 0.496 e. The van der Waals surface area contributed by atoms with E-state index in [0.717, 1.165) is 37.1 Å². The Morgan fingerprint density at radius 2 is 1.92 bits per heavy atom. The second-order valence-electron chi connectivity index (χ2n) is 6.95. The molecule has 1 aliphatic carbocycles. The lowest BCUT2D eigenvalue weighted by Gasteiger charge is -2.28. The van der Waals surface area contributed by atoms with Gasteiger partial charge in [-0.25, -0.2) is 0 Å². The van der Waals surface area contributed by atoms with Gasteiger partial charge in [0, 0.05) is 18.2 Å². The summed E-state index contributed by atoms with van der Waals surface area (Å²) in [5.74, 6) is 0.915. The van der Waals surface area contributed by atoms with Crippen molar-refractivity contribution < 1.29 is 9.53 Å². The molecule has 1 aliphatic heterocycles. The van der Waals surface area contributed by atoms with Crippen LogP contribution in [0.15, 0.2) is 48.5 Å². The van der Waals surface area contributed by atoms with E-state index in [2.05, 4.69) is 34.9 Å². The van der Waals surface area contributed by atoms with Gasteiger partial charge >= 0.3 is 0 Å². The first-order valence-electron chi connectivity index (χ1n) is 8.97. The van der Waals surface area contributed by atoms with Crippen LogP contribution >= 0.6 is 12.4 Å². The van der Waals surface area contributed by atoms with E-state index in [4.69, 9.17) is 4.74 Å². The zero-order valence-corrected chi connectivity index (χ0v) is 15.8. The third-order valence-corrected chi connectivity index (χ3v) is 5.49. The van der Waals surface area contributed by atoms with E-state index in [1.807, 2.05) is 24.3 Å². The second kappa shape index (κ2) is 7.68. The number of hydrogen-bond acceptors (Lipinski definition) is 3. The van der Waals surface area contributed by atoms with Crippen LogP contribution in [0.1, 0.15) is 35.6 Å². The van der Waals surface area contributed by atoms with E-state index in [0.29, 0.717) is 6.54 Å². The van der Waals surface area contributed by atoms with Gasteiger partial charge in [-0.1, -0.05) is 42.5 Å². The smallest absolute Gasteiger partial charge is 0.230 e. The van der Waals surface area contributed by atoms with Crippen LogP contribution < -0.4 is 15.4 Å². The average molecular weight is 373 g/mol. The van der Waals surface area contributed by atoms with Gasteiger partial charge in [0.25, 0.3) is 0 Å². The number of amides is 1. The molecule has 1 saturated carbocycles. The van der Waals surface area contributed by atoms with Gasteiger partial charge < -0.3 is 15.4 Å².